The van der Waals surface area contributed by atoms with Crippen molar-refractivity contribution in [1.29, 1.82) is 0 Å². The largest absolute Gasteiger partial charge is 0.460 e. The lowest BCUT2D eigenvalue weighted by Gasteiger charge is -2.62. The predicted octanol–water partition coefficient (Wildman–Crippen LogP) is 6.68. The zero-order valence-corrected chi connectivity index (χ0v) is 65.9. The van der Waals surface area contributed by atoms with Gasteiger partial charge < -0.3 is 34.7 Å². The molecule has 0 heterocycles. The summed E-state index contributed by atoms with van der Waals surface area (Å²) in [6, 6.07) is 6.11. The molecule has 0 spiro atoms. The van der Waals surface area contributed by atoms with Crippen molar-refractivity contribution >= 4 is 222 Å². The van der Waals surface area contributed by atoms with Crippen molar-refractivity contribution in [2.45, 2.75) is 176 Å². The van der Waals surface area contributed by atoms with Gasteiger partial charge in [0.25, 0.3) is 10.1 Å². The molecule has 6 aliphatic carbocycles. The van der Waals surface area contributed by atoms with Crippen LogP contribution >= 0.6 is 0 Å². The van der Waals surface area contributed by atoms with Gasteiger partial charge in [0.1, 0.15) is 36.7 Å². The summed E-state index contributed by atoms with van der Waals surface area (Å²) in [6.07, 6.45) is 4.57. The lowest BCUT2D eigenvalue weighted by molar-refractivity contribution is -0.219. The van der Waals surface area contributed by atoms with Crippen molar-refractivity contribution in [2.24, 2.45) is 68.0 Å². The molecule has 0 aromatic heterocycles. The Morgan fingerprint density at radius 1 is 0.632 bits per heavy atom. The van der Waals surface area contributed by atoms with E-state index in [-0.39, 0.29) is 60.6 Å². The molecular formula is C52H80O14S21. The van der Waals surface area contributed by atoms with Crippen LogP contribution in [-0.2, 0) is 230 Å². The molecule has 0 saturated heterocycles. The van der Waals surface area contributed by atoms with Crippen LogP contribution in [0, 0.1) is 74.9 Å². The topological polar surface area (TPSA) is 228 Å². The van der Waals surface area contributed by atoms with E-state index in [9.17, 15) is 52.8 Å². The first kappa shape index (κ1) is 80.8. The molecule has 7 rings (SSSR count). The average molecular weight is 1600 g/mol. The molecule has 1 aromatic carbocycles. The highest BCUT2D eigenvalue weighted by atomic mass is 33.5. The lowest BCUT2D eigenvalue weighted by Crippen LogP contribution is -2.64. The molecule has 6 saturated carbocycles. The van der Waals surface area contributed by atoms with E-state index in [0.717, 1.165) is 31.1 Å². The number of rotatable bonds is 11. The normalized spacial score (nSPS) is 34.4. The highest BCUT2D eigenvalue weighted by molar-refractivity contribution is 8.78. The maximum Gasteiger partial charge on any atom is 0.333 e. The smallest absolute Gasteiger partial charge is 0.333 e. The zero-order chi connectivity index (χ0) is 63.7. The molecule has 16 atom stereocenters. The van der Waals surface area contributed by atoms with Gasteiger partial charge in [-0.2, -0.15) is 8.42 Å². The molecule has 87 heavy (non-hydrogen) atoms. The summed E-state index contributed by atoms with van der Waals surface area (Å²) in [6.45, 7) is 16.2. The third-order valence-corrected chi connectivity index (χ3v) is 59.0. The number of carbonyl (C=O) groups excluding carboxylic acids is 5. The fourth-order valence-corrected chi connectivity index (χ4v) is 59.5. The van der Waals surface area contributed by atoms with E-state index < -0.39 is 104 Å². The molecular weight excluding hydrogens is 1520 g/mol. The van der Waals surface area contributed by atoms with Gasteiger partial charge in [0.2, 0.25) is 0 Å². The molecule has 1 aromatic rings. The maximum absolute atomic E-state index is 13.5. The molecule has 0 amide bonds. The van der Waals surface area contributed by atoms with Crippen molar-refractivity contribution in [1.82, 2.24) is 0 Å². The number of esters is 2. The van der Waals surface area contributed by atoms with Crippen LogP contribution in [0.15, 0.2) is 29.2 Å². The molecule has 14 nitrogen and oxygen atoms in total. The second-order valence-electron chi connectivity index (χ2n) is 23.5. The minimum absolute atomic E-state index is 0. The second kappa shape index (κ2) is 37.2. The molecule has 4 bridgehead atoms. The number of aliphatic hydroxyl groups excluding tert-OH is 4. The minimum Gasteiger partial charge on any atom is -0.460 e. The van der Waals surface area contributed by atoms with E-state index in [0.29, 0.717) is 51.4 Å². The first-order valence-electron chi connectivity index (χ1n) is 27.5. The summed E-state index contributed by atoms with van der Waals surface area (Å²) in [5.74, 6) is -3.13. The number of aliphatic hydroxyl groups is 4. The van der Waals surface area contributed by atoms with Crippen molar-refractivity contribution in [2.75, 3.05) is 19.8 Å². The van der Waals surface area contributed by atoms with Crippen molar-refractivity contribution in [3.63, 3.8) is 0 Å². The number of hydrogen-bond donors (Lipinski definition) is 4. The molecule has 35 heteroatoms. The van der Waals surface area contributed by atoms with Crippen LogP contribution in [0.4, 0.5) is 0 Å². The van der Waals surface area contributed by atoms with Gasteiger partial charge in [-0.05, 0) is 117 Å². The highest BCUT2D eigenvalue weighted by Gasteiger charge is 2.71. The first-order valence-corrected chi connectivity index (χ1v) is 54.2. The number of aldehydes is 1. The Hall–Kier alpha value is 1.32. The summed E-state index contributed by atoms with van der Waals surface area (Å²) >= 11 is 9.51. The van der Waals surface area contributed by atoms with Crippen LogP contribution in [0.5, 0.6) is 0 Å². The van der Waals surface area contributed by atoms with Gasteiger partial charge in [-0.25, -0.2) is 9.59 Å². The molecule has 2 unspecified atom stereocenters. The Labute approximate surface area is 575 Å². The van der Waals surface area contributed by atoms with Crippen molar-refractivity contribution in [3.8, 4) is 0 Å². The number of benzene rings is 1. The number of ether oxygens (including phenoxy) is 2. The number of Topliss-reactive ketones (excluding diaryl/α,β-unsaturated/α-hetero) is 2. The summed E-state index contributed by atoms with van der Waals surface area (Å²) in [7, 11) is 26.6. The number of ketones is 2. The zero-order valence-electron chi connectivity index (χ0n) is 48.7. The van der Waals surface area contributed by atoms with Gasteiger partial charge in [0, 0.05) is 236 Å². The third-order valence-electron chi connectivity index (χ3n) is 19.9. The van der Waals surface area contributed by atoms with Crippen LogP contribution in [0.2, 0.25) is 0 Å². The lowest BCUT2D eigenvalue weighted by atomic mass is 9.43. The highest BCUT2D eigenvalue weighted by Crippen LogP contribution is 2.70. The molecule has 4 N–H and O–H groups in total. The summed E-state index contributed by atoms with van der Waals surface area (Å²) < 4.78 is 42.1. The monoisotopic (exact) mass is 1600 g/mol. The number of hydrogen-bond acceptors (Lipinski definition) is 16. The van der Waals surface area contributed by atoms with Gasteiger partial charge in [-0.1, -0.05) is 80.5 Å². The first-order chi connectivity index (χ1) is 40.8. The Morgan fingerprint density at radius 2 is 1.02 bits per heavy atom. The van der Waals surface area contributed by atoms with Gasteiger partial charge >= 0.3 is 11.9 Å². The molecule has 498 valence electrons. The SMILES string of the molecule is C.CC[C@@]1(C)C[C@@H](OC(=O)CO)[C@@]2(C)C3C(=O)CC[C@@]3(CC[C@H]2C)[C@@H](CO)[C@@H]1O.CC[C@@]1(C)C[C@@H](OC(=O)COS(=O)(=O)c2ccc(C)cc2)[C@@]2(C)C3C(=O)CC[C@@]3(CC[C@H]2C)[C@@H](C=O)[C@@H]1O.S=S=S=S=S=S=S=S=S=S=S=S=S=S=S=S=S=S=S=S. The fourth-order valence-electron chi connectivity index (χ4n) is 14.8. The van der Waals surface area contributed by atoms with Gasteiger partial charge in [-0.3, -0.25) is 13.8 Å². The van der Waals surface area contributed by atoms with E-state index in [1.807, 2.05) is 48.5 Å². The summed E-state index contributed by atoms with van der Waals surface area (Å²) in [4.78, 5) is 64.3. The van der Waals surface area contributed by atoms with Gasteiger partial charge in [0.15, 0.2) is 6.61 Å². The standard InChI is InChI=1S/C29H40O8S.C22H36O6.CH4.S20/c1-6-27(4)15-23(37-24(32)17-36-38(34,35)20-9-7-18(2)8-10-20)28(5)19(3)11-13-29(21(16-30)26(27)33)14-12-22(31)25(28)29;1-5-20(3)10-16(28-17(26)12-24)21(4)13(2)6-8-22(14(11-23)19(20)27)9-7-15(25)18(21)22;;1-3-5-7-9-11-13-15-17-19-20-18-16-14-12-10-8-6-4-2/h7-10,16,19,21,23,25-26,33H,6,11-15,17H2,1-5H3;13-14,16,18-19,23-24,27H,5-12H2,1-4H3;1H4;/t19-,21+,23-,25?,26+,27+,28+,29+;13-,14+,16-,18?,19+,20+,21+,22+;;/m11../s1. The van der Waals surface area contributed by atoms with Crippen molar-refractivity contribution < 1.29 is 66.5 Å². The maximum atomic E-state index is 13.5. The van der Waals surface area contributed by atoms with Crippen LogP contribution in [0.1, 0.15) is 145 Å². The van der Waals surface area contributed by atoms with Gasteiger partial charge in [0.05, 0.1) is 17.1 Å². The number of aryl methyl sites for hydroxylation is 1. The Kier molecular flexibility index (Phi) is 34.5. The summed E-state index contributed by atoms with van der Waals surface area (Å²) in [5.41, 5.74) is -2.95. The second-order valence-corrected chi connectivity index (χ2v) is 57.0. The van der Waals surface area contributed by atoms with Crippen molar-refractivity contribution in [3.05, 3.63) is 29.8 Å². The predicted molar refractivity (Wildman–Crippen MR) is 397 cm³/mol. The van der Waals surface area contributed by atoms with E-state index in [4.69, 9.17) is 36.0 Å². The third kappa shape index (κ3) is 19.1. The van der Waals surface area contributed by atoms with Crippen LogP contribution in [-0.4, -0.2) is 103 Å². The van der Waals surface area contributed by atoms with E-state index in [1.165, 1.54) is 29.9 Å². The van der Waals surface area contributed by atoms with Crippen LogP contribution < -0.4 is 0 Å². The Bertz CT molecular complexity index is 3580. The van der Waals surface area contributed by atoms with Crippen LogP contribution in [0.3, 0.4) is 0 Å². The van der Waals surface area contributed by atoms with E-state index in [1.54, 1.807) is 154 Å². The molecule has 0 radical (unpaired) electrons. The fraction of sp³-hybridized carbons (Fsp3) is 0.788. The average Bonchev–Trinajstić information content (AvgIpc) is 1.69. The Morgan fingerprint density at radius 3 is 1.43 bits per heavy atom. The van der Waals surface area contributed by atoms with E-state index >= 15 is 0 Å². The molecule has 6 fully saturated rings. The molecule has 0 aliphatic heterocycles. The Balaban J connectivity index is 0.000000293. The van der Waals surface area contributed by atoms with Gasteiger partial charge in [-0.15, -0.1) is 0 Å². The minimum atomic E-state index is -4.17. The number of carbonyl (C=O) groups is 5. The molecule has 6 aliphatic rings. The quantitative estimate of drug-likeness (QED) is 0.103. The van der Waals surface area contributed by atoms with Crippen LogP contribution in [0.25, 0.3) is 0 Å². The summed E-state index contributed by atoms with van der Waals surface area (Å²) in [5, 5.41) is 42.7. The van der Waals surface area contributed by atoms with E-state index in [2.05, 4.69) is 13.8 Å².